The molecule has 1 aliphatic heterocycles. The number of nitrogens with zero attached hydrogens (tertiary/aromatic N) is 3. The first-order valence-electron chi connectivity index (χ1n) is 9.51. The molecule has 1 atom stereocenters. The van der Waals surface area contributed by atoms with Gasteiger partial charge in [-0.2, -0.15) is 0 Å². The van der Waals surface area contributed by atoms with Crippen LogP contribution in [0.3, 0.4) is 0 Å². The molecule has 144 valence electrons. The van der Waals surface area contributed by atoms with Gasteiger partial charge in [-0.25, -0.2) is 9.97 Å². The van der Waals surface area contributed by atoms with Gasteiger partial charge in [0.1, 0.15) is 11.3 Å². The van der Waals surface area contributed by atoms with Crippen molar-refractivity contribution in [3.05, 3.63) is 77.6 Å². The third-order valence-electron chi connectivity index (χ3n) is 5.05. The maximum atomic E-state index is 13.0. The SMILES string of the molecule is COc1ncccc1C(=O)N1CCC[C@@H](c2ncc(Cc3ccccc3)o2)C1. The first-order chi connectivity index (χ1) is 13.7. The molecular weight excluding hydrogens is 354 g/mol. The number of rotatable bonds is 5. The topological polar surface area (TPSA) is 68.5 Å². The van der Waals surface area contributed by atoms with Gasteiger partial charge in [-0.3, -0.25) is 4.79 Å². The Hall–Kier alpha value is -3.15. The minimum atomic E-state index is -0.0642. The first-order valence-corrected chi connectivity index (χ1v) is 9.51. The number of piperidine rings is 1. The third-order valence-corrected chi connectivity index (χ3v) is 5.05. The van der Waals surface area contributed by atoms with E-state index in [0.717, 1.165) is 25.0 Å². The van der Waals surface area contributed by atoms with Gasteiger partial charge in [0.15, 0.2) is 5.89 Å². The van der Waals surface area contributed by atoms with Crippen molar-refractivity contribution in [1.82, 2.24) is 14.9 Å². The first kappa shape index (κ1) is 18.2. The molecule has 3 aromatic rings. The van der Waals surface area contributed by atoms with Gasteiger partial charge in [0.05, 0.1) is 19.2 Å². The monoisotopic (exact) mass is 377 g/mol. The summed E-state index contributed by atoms with van der Waals surface area (Å²) in [5.41, 5.74) is 1.68. The summed E-state index contributed by atoms with van der Waals surface area (Å²) in [4.78, 5) is 23.4. The largest absolute Gasteiger partial charge is 0.480 e. The van der Waals surface area contributed by atoms with Crippen molar-refractivity contribution in [2.24, 2.45) is 0 Å². The van der Waals surface area contributed by atoms with Crippen LogP contribution in [-0.4, -0.2) is 41.0 Å². The molecule has 0 radical (unpaired) electrons. The number of likely N-dealkylation sites (tertiary alicyclic amines) is 1. The summed E-state index contributed by atoms with van der Waals surface area (Å²) in [5, 5.41) is 0. The van der Waals surface area contributed by atoms with Gasteiger partial charge in [0.25, 0.3) is 5.91 Å². The molecule has 1 fully saturated rings. The maximum Gasteiger partial charge on any atom is 0.259 e. The number of methoxy groups -OCH3 is 1. The van der Waals surface area contributed by atoms with Crippen molar-refractivity contribution in [2.75, 3.05) is 20.2 Å². The van der Waals surface area contributed by atoms with Crippen LogP contribution in [0.1, 0.15) is 46.3 Å². The van der Waals surface area contributed by atoms with E-state index in [9.17, 15) is 4.79 Å². The second-order valence-corrected chi connectivity index (χ2v) is 6.98. The van der Waals surface area contributed by atoms with Gasteiger partial charge in [0.2, 0.25) is 5.88 Å². The van der Waals surface area contributed by atoms with Crippen LogP contribution in [-0.2, 0) is 6.42 Å². The molecule has 4 rings (SSSR count). The van der Waals surface area contributed by atoms with E-state index in [1.54, 1.807) is 24.5 Å². The summed E-state index contributed by atoms with van der Waals surface area (Å²) in [6.45, 7) is 1.30. The second kappa shape index (κ2) is 8.25. The Morgan fingerprint density at radius 2 is 2.07 bits per heavy atom. The molecular formula is C22H23N3O3. The van der Waals surface area contributed by atoms with Crippen molar-refractivity contribution < 1.29 is 13.9 Å². The summed E-state index contributed by atoms with van der Waals surface area (Å²) in [7, 11) is 1.53. The fourth-order valence-electron chi connectivity index (χ4n) is 3.64. The fourth-order valence-corrected chi connectivity index (χ4v) is 3.64. The summed E-state index contributed by atoms with van der Waals surface area (Å²) in [6.07, 6.45) is 6.01. The minimum absolute atomic E-state index is 0.0642. The molecule has 6 nitrogen and oxygen atoms in total. The number of ether oxygens (including phenoxy) is 1. The Labute approximate surface area is 164 Å². The van der Waals surface area contributed by atoms with Gasteiger partial charge >= 0.3 is 0 Å². The fraction of sp³-hybridized carbons (Fsp3) is 0.318. The van der Waals surface area contributed by atoms with Crippen molar-refractivity contribution in [3.8, 4) is 5.88 Å². The Balaban J connectivity index is 1.46. The zero-order chi connectivity index (χ0) is 19.3. The number of carbonyl (C=O) groups is 1. The maximum absolute atomic E-state index is 13.0. The number of pyridine rings is 1. The average Bonchev–Trinajstić information content (AvgIpc) is 3.22. The van der Waals surface area contributed by atoms with E-state index in [0.29, 0.717) is 30.4 Å². The number of hydrogen-bond donors (Lipinski definition) is 0. The molecule has 2 aromatic heterocycles. The molecule has 3 heterocycles. The van der Waals surface area contributed by atoms with Crippen LogP contribution < -0.4 is 4.74 Å². The zero-order valence-electron chi connectivity index (χ0n) is 15.9. The molecule has 1 aromatic carbocycles. The molecule has 0 saturated carbocycles. The predicted octanol–water partition coefficient (Wildman–Crippen LogP) is 3.69. The lowest BCUT2D eigenvalue weighted by Crippen LogP contribution is -2.39. The molecule has 0 N–H and O–H groups in total. The highest BCUT2D eigenvalue weighted by molar-refractivity contribution is 5.96. The number of benzene rings is 1. The lowest BCUT2D eigenvalue weighted by atomic mass is 9.97. The molecule has 0 unspecified atom stereocenters. The molecule has 6 heteroatoms. The zero-order valence-corrected chi connectivity index (χ0v) is 15.9. The van der Waals surface area contributed by atoms with Crippen molar-refractivity contribution >= 4 is 5.91 Å². The summed E-state index contributed by atoms with van der Waals surface area (Å²) >= 11 is 0. The van der Waals surface area contributed by atoms with Crippen molar-refractivity contribution in [1.29, 1.82) is 0 Å². The molecule has 1 aliphatic rings. The highest BCUT2D eigenvalue weighted by Gasteiger charge is 2.29. The molecule has 0 spiro atoms. The number of hydrogen-bond acceptors (Lipinski definition) is 5. The van der Waals surface area contributed by atoms with Crippen molar-refractivity contribution in [2.45, 2.75) is 25.2 Å². The number of aromatic nitrogens is 2. The van der Waals surface area contributed by atoms with Gasteiger partial charge in [0, 0.05) is 25.7 Å². The van der Waals surface area contributed by atoms with Crippen LogP contribution >= 0.6 is 0 Å². The molecule has 1 amide bonds. The van der Waals surface area contributed by atoms with Crippen LogP contribution in [0, 0.1) is 0 Å². The van der Waals surface area contributed by atoms with Gasteiger partial charge in [-0.1, -0.05) is 30.3 Å². The van der Waals surface area contributed by atoms with E-state index in [-0.39, 0.29) is 11.8 Å². The van der Waals surface area contributed by atoms with Crippen LogP contribution in [0.15, 0.2) is 59.3 Å². The molecule has 28 heavy (non-hydrogen) atoms. The van der Waals surface area contributed by atoms with Crippen LogP contribution in [0.2, 0.25) is 0 Å². The smallest absolute Gasteiger partial charge is 0.259 e. The molecule has 1 saturated heterocycles. The predicted molar refractivity (Wildman–Crippen MR) is 104 cm³/mol. The highest BCUT2D eigenvalue weighted by Crippen LogP contribution is 2.29. The Morgan fingerprint density at radius 3 is 2.89 bits per heavy atom. The second-order valence-electron chi connectivity index (χ2n) is 6.98. The van der Waals surface area contributed by atoms with Crippen LogP contribution in [0.5, 0.6) is 5.88 Å². The van der Waals surface area contributed by atoms with E-state index < -0.39 is 0 Å². The van der Waals surface area contributed by atoms with E-state index in [1.165, 1.54) is 12.7 Å². The van der Waals surface area contributed by atoms with E-state index in [4.69, 9.17) is 9.15 Å². The van der Waals surface area contributed by atoms with E-state index in [2.05, 4.69) is 22.1 Å². The Bertz CT molecular complexity index is 939. The van der Waals surface area contributed by atoms with Gasteiger partial charge < -0.3 is 14.1 Å². The third kappa shape index (κ3) is 3.91. The number of amides is 1. The Kier molecular flexibility index (Phi) is 5.37. The minimum Gasteiger partial charge on any atom is -0.480 e. The average molecular weight is 377 g/mol. The van der Waals surface area contributed by atoms with E-state index in [1.807, 2.05) is 23.1 Å². The van der Waals surface area contributed by atoms with Crippen LogP contribution in [0.25, 0.3) is 0 Å². The number of oxazole rings is 1. The standard InChI is InChI=1S/C22H23N3O3/c1-27-21-19(10-5-11-23-21)22(26)25-12-6-9-17(15-25)20-24-14-18(28-20)13-16-7-3-2-4-8-16/h2-5,7-8,10-11,14,17H,6,9,12-13,15H2,1H3/t17-/m1/s1. The lowest BCUT2D eigenvalue weighted by Gasteiger charge is -2.31. The summed E-state index contributed by atoms with van der Waals surface area (Å²) < 4.78 is 11.3. The molecule has 0 aliphatic carbocycles. The molecule has 0 bridgehead atoms. The van der Waals surface area contributed by atoms with Crippen molar-refractivity contribution in [3.63, 3.8) is 0 Å². The number of carbonyl (C=O) groups excluding carboxylic acids is 1. The summed E-state index contributed by atoms with van der Waals surface area (Å²) in [5.74, 6) is 1.95. The van der Waals surface area contributed by atoms with E-state index >= 15 is 0 Å². The Morgan fingerprint density at radius 1 is 1.21 bits per heavy atom. The quantitative estimate of drug-likeness (QED) is 0.678. The highest BCUT2D eigenvalue weighted by atomic mass is 16.5. The normalized spacial score (nSPS) is 16.8. The summed E-state index contributed by atoms with van der Waals surface area (Å²) in [6, 6.07) is 13.7. The van der Waals surface area contributed by atoms with Crippen LogP contribution in [0.4, 0.5) is 0 Å². The van der Waals surface area contributed by atoms with Gasteiger partial charge in [-0.05, 0) is 30.5 Å². The van der Waals surface area contributed by atoms with Gasteiger partial charge in [-0.15, -0.1) is 0 Å². The lowest BCUT2D eigenvalue weighted by molar-refractivity contribution is 0.0693.